The fraction of sp³-hybridized carbons (Fsp3) is 0.176. The number of nitrogens with zero attached hydrogens (tertiary/aromatic N) is 1. The Morgan fingerprint density at radius 2 is 2.05 bits per heavy atom. The monoisotopic (exact) mass is 282 g/mol. The van der Waals surface area contributed by atoms with Crippen molar-refractivity contribution >= 4 is 12.0 Å². The molecule has 21 heavy (non-hydrogen) atoms. The summed E-state index contributed by atoms with van der Waals surface area (Å²) in [4.78, 5) is 15.9. The minimum atomic E-state index is -0.144. The van der Waals surface area contributed by atoms with Crippen LogP contribution in [0.2, 0.25) is 0 Å². The first kappa shape index (κ1) is 14.8. The highest BCUT2D eigenvalue weighted by molar-refractivity contribution is 5.91. The number of hydrogen-bond donors (Lipinski definition) is 1. The molecule has 2 rings (SSSR count). The fourth-order valence-corrected chi connectivity index (χ4v) is 1.75. The molecular formula is C17H18N2O2. The second-order valence-electron chi connectivity index (χ2n) is 4.37. The molecule has 0 radical (unpaired) electrons. The van der Waals surface area contributed by atoms with E-state index in [1.165, 1.54) is 6.08 Å². The molecule has 0 aliphatic rings. The number of hydrogen-bond acceptors (Lipinski definition) is 3. The Kier molecular flexibility index (Phi) is 5.52. The van der Waals surface area contributed by atoms with Gasteiger partial charge in [0.05, 0.1) is 18.8 Å². The highest BCUT2D eigenvalue weighted by Crippen LogP contribution is 2.12. The second kappa shape index (κ2) is 7.85. The number of nitrogens with one attached hydrogen (secondary N) is 1. The number of amides is 1. The maximum absolute atomic E-state index is 11.7. The number of carbonyl (C=O) groups is 1. The molecule has 1 aromatic heterocycles. The van der Waals surface area contributed by atoms with Gasteiger partial charge in [-0.2, -0.15) is 0 Å². The minimum absolute atomic E-state index is 0.144. The van der Waals surface area contributed by atoms with Crippen molar-refractivity contribution in [2.75, 3.05) is 6.61 Å². The van der Waals surface area contributed by atoms with Crippen molar-refractivity contribution < 1.29 is 9.53 Å². The van der Waals surface area contributed by atoms with Crippen molar-refractivity contribution in [1.29, 1.82) is 0 Å². The normalized spacial score (nSPS) is 10.5. The third-order valence-corrected chi connectivity index (χ3v) is 2.79. The minimum Gasteiger partial charge on any atom is -0.494 e. The van der Waals surface area contributed by atoms with Crippen LogP contribution >= 0.6 is 0 Å². The molecule has 0 saturated heterocycles. The molecular weight excluding hydrogens is 264 g/mol. The molecule has 4 heteroatoms. The lowest BCUT2D eigenvalue weighted by molar-refractivity contribution is -0.116. The molecule has 0 atom stereocenters. The van der Waals surface area contributed by atoms with Crippen molar-refractivity contribution in [2.24, 2.45) is 0 Å². The lowest BCUT2D eigenvalue weighted by Gasteiger charge is -2.03. The Morgan fingerprint density at radius 1 is 1.24 bits per heavy atom. The second-order valence-corrected chi connectivity index (χ2v) is 4.37. The molecule has 1 aromatic carbocycles. The molecule has 0 saturated carbocycles. The zero-order valence-electron chi connectivity index (χ0n) is 12.0. The highest BCUT2D eigenvalue weighted by atomic mass is 16.5. The molecule has 108 valence electrons. The number of benzene rings is 1. The van der Waals surface area contributed by atoms with Crippen LogP contribution in [0.15, 0.2) is 54.7 Å². The van der Waals surface area contributed by atoms with Gasteiger partial charge in [0.1, 0.15) is 5.75 Å². The summed E-state index contributed by atoms with van der Waals surface area (Å²) in [6, 6.07) is 13.2. The number of pyridine rings is 1. The Bertz CT molecular complexity index is 592. The summed E-state index contributed by atoms with van der Waals surface area (Å²) in [5.74, 6) is 0.684. The van der Waals surface area contributed by atoms with Crippen LogP contribution in [0, 0.1) is 0 Å². The van der Waals surface area contributed by atoms with E-state index in [2.05, 4.69) is 10.3 Å². The van der Waals surface area contributed by atoms with Crippen LogP contribution in [0.3, 0.4) is 0 Å². The van der Waals surface area contributed by atoms with Gasteiger partial charge >= 0.3 is 0 Å². The lowest BCUT2D eigenvalue weighted by Crippen LogP contribution is -2.20. The third kappa shape index (κ3) is 5.10. The molecule has 0 bridgehead atoms. The quantitative estimate of drug-likeness (QED) is 0.829. The van der Waals surface area contributed by atoms with Gasteiger partial charge in [-0.1, -0.05) is 18.2 Å². The highest BCUT2D eigenvalue weighted by Gasteiger charge is 1.97. The molecule has 1 heterocycles. The summed E-state index contributed by atoms with van der Waals surface area (Å²) in [6.07, 6.45) is 4.99. The van der Waals surface area contributed by atoms with E-state index in [1.807, 2.05) is 49.4 Å². The van der Waals surface area contributed by atoms with Gasteiger partial charge in [0, 0.05) is 12.3 Å². The van der Waals surface area contributed by atoms with Gasteiger partial charge in [-0.15, -0.1) is 0 Å². The van der Waals surface area contributed by atoms with Crippen molar-refractivity contribution in [3.8, 4) is 5.75 Å². The van der Waals surface area contributed by atoms with Crippen LogP contribution in [0.25, 0.3) is 6.08 Å². The number of ether oxygens (including phenoxy) is 1. The largest absolute Gasteiger partial charge is 0.494 e. The van der Waals surface area contributed by atoms with Gasteiger partial charge < -0.3 is 10.1 Å². The average molecular weight is 282 g/mol. The molecule has 4 nitrogen and oxygen atoms in total. The maximum Gasteiger partial charge on any atom is 0.244 e. The van der Waals surface area contributed by atoms with E-state index in [1.54, 1.807) is 12.3 Å². The van der Waals surface area contributed by atoms with Crippen molar-refractivity contribution in [1.82, 2.24) is 10.3 Å². The predicted molar refractivity (Wildman–Crippen MR) is 82.7 cm³/mol. The van der Waals surface area contributed by atoms with Gasteiger partial charge in [0.25, 0.3) is 0 Å². The van der Waals surface area contributed by atoms with Gasteiger partial charge in [-0.3, -0.25) is 9.78 Å². The van der Waals surface area contributed by atoms with Gasteiger partial charge in [0.15, 0.2) is 0 Å². The Hall–Kier alpha value is -2.62. The van der Waals surface area contributed by atoms with Crippen LogP contribution < -0.4 is 10.1 Å². The van der Waals surface area contributed by atoms with E-state index < -0.39 is 0 Å². The van der Waals surface area contributed by atoms with Gasteiger partial charge in [-0.05, 0) is 42.8 Å². The van der Waals surface area contributed by atoms with E-state index in [9.17, 15) is 4.79 Å². The van der Waals surface area contributed by atoms with Crippen LogP contribution in [0.5, 0.6) is 5.75 Å². The first-order valence-electron chi connectivity index (χ1n) is 6.86. The zero-order chi connectivity index (χ0) is 14.9. The third-order valence-electron chi connectivity index (χ3n) is 2.79. The molecule has 0 unspecified atom stereocenters. The molecule has 0 fully saturated rings. The zero-order valence-corrected chi connectivity index (χ0v) is 12.0. The maximum atomic E-state index is 11.7. The summed E-state index contributed by atoms with van der Waals surface area (Å²) < 4.78 is 5.36. The Morgan fingerprint density at radius 3 is 2.71 bits per heavy atom. The van der Waals surface area contributed by atoms with Crippen molar-refractivity contribution in [2.45, 2.75) is 13.5 Å². The van der Waals surface area contributed by atoms with Crippen LogP contribution in [-0.2, 0) is 11.3 Å². The summed E-state index contributed by atoms with van der Waals surface area (Å²) in [6.45, 7) is 3.01. The molecule has 0 aliphatic heterocycles. The predicted octanol–water partition coefficient (Wildman–Crippen LogP) is 2.81. The van der Waals surface area contributed by atoms with Crippen molar-refractivity contribution in [3.63, 3.8) is 0 Å². The summed E-state index contributed by atoms with van der Waals surface area (Å²) >= 11 is 0. The number of aromatic nitrogens is 1. The summed E-state index contributed by atoms with van der Waals surface area (Å²) in [5.41, 5.74) is 1.78. The van der Waals surface area contributed by atoms with E-state index in [4.69, 9.17) is 4.74 Å². The number of carbonyl (C=O) groups excluding carboxylic acids is 1. The van der Waals surface area contributed by atoms with Gasteiger partial charge in [-0.25, -0.2) is 0 Å². The lowest BCUT2D eigenvalue weighted by atomic mass is 10.2. The SMILES string of the molecule is CCOc1ccc(/C=C/C(=O)NCc2ccccn2)cc1. The summed E-state index contributed by atoms with van der Waals surface area (Å²) in [7, 11) is 0. The molecule has 0 spiro atoms. The van der Waals surface area contributed by atoms with E-state index >= 15 is 0 Å². The number of rotatable bonds is 6. The smallest absolute Gasteiger partial charge is 0.244 e. The van der Waals surface area contributed by atoms with E-state index in [0.717, 1.165) is 17.0 Å². The van der Waals surface area contributed by atoms with E-state index in [-0.39, 0.29) is 5.91 Å². The fourth-order valence-electron chi connectivity index (χ4n) is 1.75. The molecule has 1 N–H and O–H groups in total. The van der Waals surface area contributed by atoms with Crippen LogP contribution in [0.1, 0.15) is 18.2 Å². The van der Waals surface area contributed by atoms with E-state index in [0.29, 0.717) is 13.2 Å². The standard InChI is InChI=1S/C17H18N2O2/c1-2-21-16-9-6-14(7-10-16)8-11-17(20)19-13-15-5-3-4-12-18-15/h3-12H,2,13H2,1H3,(H,19,20)/b11-8+. The van der Waals surface area contributed by atoms with Crippen LogP contribution in [-0.4, -0.2) is 17.5 Å². The Labute approximate surface area is 124 Å². The summed E-state index contributed by atoms with van der Waals surface area (Å²) in [5, 5.41) is 2.79. The van der Waals surface area contributed by atoms with Crippen LogP contribution in [0.4, 0.5) is 0 Å². The molecule has 2 aromatic rings. The first-order valence-corrected chi connectivity index (χ1v) is 6.86. The first-order chi connectivity index (χ1) is 10.3. The Balaban J connectivity index is 1.84. The topological polar surface area (TPSA) is 51.2 Å². The molecule has 1 amide bonds. The van der Waals surface area contributed by atoms with Gasteiger partial charge in [0.2, 0.25) is 5.91 Å². The average Bonchev–Trinajstić information content (AvgIpc) is 2.53. The molecule has 0 aliphatic carbocycles. The van der Waals surface area contributed by atoms with Crippen molar-refractivity contribution in [3.05, 3.63) is 66.0 Å².